The van der Waals surface area contributed by atoms with Gasteiger partial charge in [0.2, 0.25) is 0 Å². The molecule has 0 saturated carbocycles. The maximum Gasteiger partial charge on any atom is 0.0506 e. The molecule has 14 heavy (non-hydrogen) atoms. The summed E-state index contributed by atoms with van der Waals surface area (Å²) in [5, 5.41) is 0. The maximum absolute atomic E-state index is 5.66. The molecule has 0 radical (unpaired) electrons. The summed E-state index contributed by atoms with van der Waals surface area (Å²) < 4.78 is 0. The number of pyridine rings is 1. The van der Waals surface area contributed by atoms with E-state index in [1.165, 1.54) is 5.57 Å². The Labute approximate surface area is 84.8 Å². The summed E-state index contributed by atoms with van der Waals surface area (Å²) in [7, 11) is 0. The van der Waals surface area contributed by atoms with Gasteiger partial charge in [0.15, 0.2) is 0 Å². The van der Waals surface area contributed by atoms with Gasteiger partial charge in [0, 0.05) is 18.4 Å². The maximum atomic E-state index is 5.66. The van der Waals surface area contributed by atoms with Crippen molar-refractivity contribution in [2.24, 2.45) is 5.73 Å². The van der Waals surface area contributed by atoms with Gasteiger partial charge in [-0.3, -0.25) is 4.98 Å². The first-order valence-electron chi connectivity index (χ1n) is 4.73. The summed E-state index contributed by atoms with van der Waals surface area (Å²) in [6, 6.07) is 2.11. The van der Waals surface area contributed by atoms with Crippen molar-refractivity contribution in [3.05, 3.63) is 30.1 Å². The molecule has 1 heterocycles. The van der Waals surface area contributed by atoms with Crippen LogP contribution in [0.5, 0.6) is 0 Å². The van der Waals surface area contributed by atoms with Crippen LogP contribution in [0.25, 0.3) is 5.57 Å². The topological polar surface area (TPSA) is 64.9 Å². The average molecular weight is 191 g/mol. The molecule has 0 bridgehead atoms. The summed E-state index contributed by atoms with van der Waals surface area (Å²) in [4.78, 5) is 4.04. The Morgan fingerprint density at radius 1 is 1.57 bits per heavy atom. The van der Waals surface area contributed by atoms with E-state index >= 15 is 0 Å². The largest absolute Gasteiger partial charge is 0.397 e. The van der Waals surface area contributed by atoms with Crippen LogP contribution in [0.3, 0.4) is 0 Å². The van der Waals surface area contributed by atoms with Gasteiger partial charge in [-0.1, -0.05) is 6.08 Å². The molecule has 1 atom stereocenters. The van der Waals surface area contributed by atoms with Crippen LogP contribution in [-0.2, 0) is 0 Å². The van der Waals surface area contributed by atoms with E-state index in [1.807, 2.05) is 26.1 Å². The molecule has 0 aliphatic rings. The fraction of sp³-hybridized carbons (Fsp3) is 0.364. The third-order valence-electron chi connectivity index (χ3n) is 2.01. The lowest BCUT2D eigenvalue weighted by molar-refractivity contribution is 0.758. The lowest BCUT2D eigenvalue weighted by Crippen LogP contribution is -2.12. The molecule has 1 aromatic rings. The molecule has 76 valence electrons. The lowest BCUT2D eigenvalue weighted by Gasteiger charge is -2.04. The molecule has 0 saturated heterocycles. The number of nitrogen functional groups attached to an aromatic ring is 1. The normalized spacial score (nSPS) is 14.1. The van der Waals surface area contributed by atoms with Crippen LogP contribution in [0.15, 0.2) is 24.5 Å². The first-order chi connectivity index (χ1) is 6.59. The van der Waals surface area contributed by atoms with E-state index in [0.29, 0.717) is 5.69 Å². The Bertz CT molecular complexity index is 329. The molecule has 0 aliphatic carbocycles. The number of hydrogen-bond acceptors (Lipinski definition) is 3. The van der Waals surface area contributed by atoms with Gasteiger partial charge < -0.3 is 11.5 Å². The van der Waals surface area contributed by atoms with Crippen LogP contribution in [0.1, 0.15) is 25.8 Å². The Morgan fingerprint density at radius 2 is 2.29 bits per heavy atom. The van der Waals surface area contributed by atoms with Gasteiger partial charge in [-0.2, -0.15) is 0 Å². The number of nitrogens with two attached hydrogens (primary N) is 2. The van der Waals surface area contributed by atoms with Crippen molar-refractivity contribution in [3.63, 3.8) is 0 Å². The van der Waals surface area contributed by atoms with Gasteiger partial charge in [-0.05, 0) is 37.5 Å². The van der Waals surface area contributed by atoms with Crippen molar-refractivity contribution in [3.8, 4) is 0 Å². The lowest BCUT2D eigenvalue weighted by atomic mass is 10.1. The van der Waals surface area contributed by atoms with Crippen LogP contribution in [0.2, 0.25) is 0 Å². The Balaban J connectivity index is 2.78. The minimum Gasteiger partial charge on any atom is -0.397 e. The van der Waals surface area contributed by atoms with E-state index in [9.17, 15) is 0 Å². The van der Waals surface area contributed by atoms with Crippen molar-refractivity contribution >= 4 is 11.3 Å². The van der Waals surface area contributed by atoms with E-state index in [0.717, 1.165) is 12.0 Å². The SMILES string of the molecule is CC(=CCC(C)N)c1cncc(N)c1. The highest BCUT2D eigenvalue weighted by Crippen LogP contribution is 2.15. The molecule has 0 fully saturated rings. The quantitative estimate of drug-likeness (QED) is 0.765. The number of aromatic nitrogens is 1. The predicted octanol–water partition coefficient (Wildman–Crippen LogP) is 1.80. The standard InChI is InChI=1S/C11H17N3/c1-8(3-4-9(2)12)10-5-11(13)7-14-6-10/h3,5-7,9H,4,12-13H2,1-2H3. The van der Waals surface area contributed by atoms with Gasteiger partial charge in [0.1, 0.15) is 0 Å². The minimum absolute atomic E-state index is 0.193. The van der Waals surface area contributed by atoms with Crippen LogP contribution < -0.4 is 11.5 Å². The number of nitrogens with zero attached hydrogens (tertiary/aromatic N) is 1. The second-order valence-electron chi connectivity index (χ2n) is 3.61. The molecule has 0 aliphatic heterocycles. The van der Waals surface area contributed by atoms with Gasteiger partial charge >= 0.3 is 0 Å². The number of rotatable bonds is 3. The fourth-order valence-corrected chi connectivity index (χ4v) is 1.15. The van der Waals surface area contributed by atoms with Crippen LogP contribution >= 0.6 is 0 Å². The van der Waals surface area contributed by atoms with E-state index < -0.39 is 0 Å². The Hall–Kier alpha value is -1.35. The van der Waals surface area contributed by atoms with Gasteiger partial charge in [-0.25, -0.2) is 0 Å². The highest BCUT2D eigenvalue weighted by atomic mass is 14.7. The minimum atomic E-state index is 0.193. The smallest absolute Gasteiger partial charge is 0.0506 e. The Morgan fingerprint density at radius 3 is 2.86 bits per heavy atom. The molecule has 3 nitrogen and oxygen atoms in total. The zero-order chi connectivity index (χ0) is 10.6. The molecule has 0 amide bonds. The summed E-state index contributed by atoms with van der Waals surface area (Å²) in [5.41, 5.74) is 14.2. The molecule has 1 aromatic heterocycles. The van der Waals surface area contributed by atoms with E-state index in [4.69, 9.17) is 11.5 Å². The molecular weight excluding hydrogens is 174 g/mol. The van der Waals surface area contributed by atoms with E-state index in [-0.39, 0.29) is 6.04 Å². The predicted molar refractivity (Wildman–Crippen MR) is 60.6 cm³/mol. The first kappa shape index (κ1) is 10.7. The average Bonchev–Trinajstić information content (AvgIpc) is 2.14. The van der Waals surface area contributed by atoms with Gasteiger partial charge in [0.05, 0.1) is 5.69 Å². The number of hydrogen-bond donors (Lipinski definition) is 2. The second kappa shape index (κ2) is 4.77. The zero-order valence-electron chi connectivity index (χ0n) is 8.70. The zero-order valence-corrected chi connectivity index (χ0v) is 8.70. The molecule has 0 aromatic carbocycles. The molecule has 4 N–H and O–H groups in total. The van der Waals surface area contributed by atoms with Crippen molar-refractivity contribution < 1.29 is 0 Å². The number of anilines is 1. The summed E-state index contributed by atoms with van der Waals surface area (Å²) >= 11 is 0. The number of allylic oxidation sites excluding steroid dienone is 1. The van der Waals surface area contributed by atoms with Gasteiger partial charge in [-0.15, -0.1) is 0 Å². The third-order valence-corrected chi connectivity index (χ3v) is 2.01. The summed E-state index contributed by atoms with van der Waals surface area (Å²) in [6.45, 7) is 4.03. The van der Waals surface area contributed by atoms with Crippen LogP contribution in [0, 0.1) is 0 Å². The monoisotopic (exact) mass is 191 g/mol. The van der Waals surface area contributed by atoms with Crippen molar-refractivity contribution in [1.82, 2.24) is 4.98 Å². The second-order valence-corrected chi connectivity index (χ2v) is 3.61. The van der Waals surface area contributed by atoms with E-state index in [2.05, 4.69) is 11.1 Å². The molecule has 3 heteroatoms. The highest BCUT2D eigenvalue weighted by molar-refractivity contribution is 5.65. The first-order valence-corrected chi connectivity index (χ1v) is 4.73. The molecule has 1 unspecified atom stereocenters. The van der Waals surface area contributed by atoms with Crippen LogP contribution in [-0.4, -0.2) is 11.0 Å². The molecular formula is C11H17N3. The molecule has 0 spiro atoms. The summed E-state index contributed by atoms with van der Waals surface area (Å²) in [5.74, 6) is 0. The molecule has 1 rings (SSSR count). The summed E-state index contributed by atoms with van der Waals surface area (Å²) in [6.07, 6.45) is 6.44. The van der Waals surface area contributed by atoms with Crippen molar-refractivity contribution in [2.45, 2.75) is 26.3 Å². The van der Waals surface area contributed by atoms with E-state index in [1.54, 1.807) is 6.20 Å². The van der Waals surface area contributed by atoms with Crippen molar-refractivity contribution in [1.29, 1.82) is 0 Å². The van der Waals surface area contributed by atoms with Crippen LogP contribution in [0.4, 0.5) is 5.69 Å². The third kappa shape index (κ3) is 3.18. The Kier molecular flexibility index (Phi) is 3.65. The van der Waals surface area contributed by atoms with Gasteiger partial charge in [0.25, 0.3) is 0 Å². The highest BCUT2D eigenvalue weighted by Gasteiger charge is 1.97. The fourth-order valence-electron chi connectivity index (χ4n) is 1.15. The van der Waals surface area contributed by atoms with Crippen molar-refractivity contribution in [2.75, 3.05) is 5.73 Å².